The van der Waals surface area contributed by atoms with Gasteiger partial charge in [0.05, 0.1) is 17.0 Å². The lowest BCUT2D eigenvalue weighted by Crippen LogP contribution is -2.18. The number of nitriles is 1. The maximum absolute atomic E-state index is 11.4. The number of fused-ring (bicyclic) bond motifs is 1. The molecule has 2 aromatic rings. The van der Waals surface area contributed by atoms with Crippen LogP contribution >= 0.6 is 11.8 Å². The third kappa shape index (κ3) is 2.11. The van der Waals surface area contributed by atoms with Crippen LogP contribution in [0.25, 0.3) is 11.3 Å². The molecule has 2 heterocycles. The van der Waals surface area contributed by atoms with E-state index in [-0.39, 0.29) is 5.91 Å². The summed E-state index contributed by atoms with van der Waals surface area (Å²) in [4.78, 5) is 15.7. The average Bonchev–Trinajstić information content (AvgIpc) is 2.79. The van der Waals surface area contributed by atoms with Crippen molar-refractivity contribution >= 4 is 23.4 Å². The highest BCUT2D eigenvalue weighted by Crippen LogP contribution is 2.34. The molecular weight excluding hydrogens is 258 g/mol. The Morgan fingerprint density at radius 3 is 2.95 bits per heavy atom. The molecule has 0 saturated carbocycles. The highest BCUT2D eigenvalue weighted by Gasteiger charge is 2.16. The Bertz CT molecular complexity index is 712. The molecule has 1 aliphatic rings. The minimum absolute atomic E-state index is 0.0232. The number of hydrogen-bond donors (Lipinski definition) is 2. The minimum atomic E-state index is 0.0232. The van der Waals surface area contributed by atoms with E-state index in [2.05, 4.69) is 16.4 Å². The van der Waals surface area contributed by atoms with Gasteiger partial charge in [-0.05, 0) is 25.1 Å². The third-order valence-corrected chi connectivity index (χ3v) is 4.13. The van der Waals surface area contributed by atoms with Crippen molar-refractivity contribution in [3.63, 3.8) is 0 Å². The van der Waals surface area contributed by atoms with Gasteiger partial charge in [-0.1, -0.05) is 6.07 Å². The van der Waals surface area contributed by atoms with Crippen LogP contribution < -0.4 is 5.32 Å². The zero-order valence-electron chi connectivity index (χ0n) is 10.3. The molecule has 0 atom stereocenters. The molecular formula is C14H11N3OS. The van der Waals surface area contributed by atoms with Gasteiger partial charge in [0.2, 0.25) is 5.91 Å². The van der Waals surface area contributed by atoms with Crippen molar-refractivity contribution in [1.82, 2.24) is 4.98 Å². The van der Waals surface area contributed by atoms with Crippen LogP contribution in [0.2, 0.25) is 0 Å². The molecule has 0 saturated heterocycles. The zero-order valence-corrected chi connectivity index (χ0v) is 11.1. The molecule has 5 heteroatoms. The standard InChI is InChI=1S/C14H11N3OS/c1-8-10(6-15)5-11(16-8)9-2-3-13-12(4-9)17-14(18)7-19-13/h2-5,16H,7H2,1H3,(H,17,18). The van der Waals surface area contributed by atoms with Crippen LogP contribution in [0.1, 0.15) is 11.3 Å². The van der Waals surface area contributed by atoms with E-state index in [1.165, 1.54) is 11.8 Å². The van der Waals surface area contributed by atoms with Crippen molar-refractivity contribution in [3.8, 4) is 17.3 Å². The molecule has 0 bridgehead atoms. The Morgan fingerprint density at radius 2 is 2.21 bits per heavy atom. The Kier molecular flexibility index (Phi) is 2.80. The molecule has 0 spiro atoms. The maximum Gasteiger partial charge on any atom is 0.234 e. The molecule has 94 valence electrons. The van der Waals surface area contributed by atoms with Gasteiger partial charge in [-0.25, -0.2) is 0 Å². The highest BCUT2D eigenvalue weighted by molar-refractivity contribution is 8.00. The van der Waals surface area contributed by atoms with Crippen LogP contribution in [0.15, 0.2) is 29.2 Å². The molecule has 1 aliphatic heterocycles. The summed E-state index contributed by atoms with van der Waals surface area (Å²) in [5.41, 5.74) is 4.19. The summed E-state index contributed by atoms with van der Waals surface area (Å²) in [5, 5.41) is 11.8. The van der Waals surface area contributed by atoms with E-state index in [0.29, 0.717) is 11.3 Å². The number of carbonyl (C=O) groups excluding carboxylic acids is 1. The smallest absolute Gasteiger partial charge is 0.234 e. The number of rotatable bonds is 1. The third-order valence-electron chi connectivity index (χ3n) is 3.06. The van der Waals surface area contributed by atoms with E-state index in [1.807, 2.05) is 31.2 Å². The SMILES string of the molecule is Cc1[nH]c(-c2ccc3c(c2)NC(=O)CS3)cc1C#N. The van der Waals surface area contributed by atoms with Gasteiger partial charge in [0.15, 0.2) is 0 Å². The van der Waals surface area contributed by atoms with Gasteiger partial charge in [-0.15, -0.1) is 11.8 Å². The summed E-state index contributed by atoms with van der Waals surface area (Å²) >= 11 is 1.54. The molecule has 0 radical (unpaired) electrons. The van der Waals surface area contributed by atoms with E-state index in [0.717, 1.165) is 27.5 Å². The van der Waals surface area contributed by atoms with E-state index in [9.17, 15) is 4.79 Å². The first-order valence-electron chi connectivity index (χ1n) is 5.84. The number of aryl methyl sites for hydroxylation is 1. The van der Waals surface area contributed by atoms with E-state index in [1.54, 1.807) is 0 Å². The molecule has 0 unspecified atom stereocenters. The highest BCUT2D eigenvalue weighted by atomic mass is 32.2. The van der Waals surface area contributed by atoms with Gasteiger partial charge in [0.25, 0.3) is 0 Å². The Balaban J connectivity index is 2.04. The number of hydrogen-bond acceptors (Lipinski definition) is 3. The number of thioether (sulfide) groups is 1. The predicted octanol–water partition coefficient (Wildman–Crippen LogP) is 2.91. The van der Waals surface area contributed by atoms with Gasteiger partial charge in [-0.2, -0.15) is 5.26 Å². The van der Waals surface area contributed by atoms with Crippen molar-refractivity contribution < 1.29 is 4.79 Å². The Hall–Kier alpha value is -2.19. The van der Waals surface area contributed by atoms with Crippen molar-refractivity contribution in [3.05, 3.63) is 35.5 Å². The first kappa shape index (κ1) is 11.9. The first-order valence-corrected chi connectivity index (χ1v) is 6.83. The molecule has 19 heavy (non-hydrogen) atoms. The number of anilines is 1. The van der Waals surface area contributed by atoms with Crippen LogP contribution in [-0.4, -0.2) is 16.6 Å². The number of carbonyl (C=O) groups is 1. The number of H-pyrrole nitrogens is 1. The Morgan fingerprint density at radius 1 is 1.37 bits per heavy atom. The van der Waals surface area contributed by atoms with E-state index < -0.39 is 0 Å². The summed E-state index contributed by atoms with van der Waals surface area (Å²) in [6.07, 6.45) is 0. The fourth-order valence-electron chi connectivity index (χ4n) is 2.08. The first-order chi connectivity index (χ1) is 9.17. The van der Waals surface area contributed by atoms with Gasteiger partial charge in [0.1, 0.15) is 6.07 Å². The van der Waals surface area contributed by atoms with E-state index >= 15 is 0 Å². The number of benzene rings is 1. The molecule has 0 aliphatic carbocycles. The van der Waals surface area contributed by atoms with Crippen molar-refractivity contribution in [2.24, 2.45) is 0 Å². The lowest BCUT2D eigenvalue weighted by molar-refractivity contribution is -0.113. The summed E-state index contributed by atoms with van der Waals surface area (Å²) < 4.78 is 0. The second-order valence-electron chi connectivity index (χ2n) is 4.38. The van der Waals surface area contributed by atoms with Gasteiger partial charge < -0.3 is 10.3 Å². The predicted molar refractivity (Wildman–Crippen MR) is 75.0 cm³/mol. The number of amides is 1. The molecule has 1 amide bonds. The van der Waals surface area contributed by atoms with E-state index in [4.69, 9.17) is 5.26 Å². The summed E-state index contributed by atoms with van der Waals surface area (Å²) in [6, 6.07) is 9.91. The molecule has 2 N–H and O–H groups in total. The Labute approximate surface area is 114 Å². The lowest BCUT2D eigenvalue weighted by Gasteiger charge is -2.16. The molecule has 1 aromatic carbocycles. The average molecular weight is 269 g/mol. The second kappa shape index (κ2) is 4.48. The minimum Gasteiger partial charge on any atom is -0.358 e. The molecule has 3 rings (SSSR count). The number of aromatic amines is 1. The maximum atomic E-state index is 11.4. The fourth-order valence-corrected chi connectivity index (χ4v) is 2.87. The number of nitrogens with zero attached hydrogens (tertiary/aromatic N) is 1. The number of aromatic nitrogens is 1. The summed E-state index contributed by atoms with van der Waals surface area (Å²) in [7, 11) is 0. The van der Waals surface area contributed by atoms with Gasteiger partial charge in [0, 0.05) is 21.8 Å². The molecule has 4 nitrogen and oxygen atoms in total. The fraction of sp³-hybridized carbons (Fsp3) is 0.143. The zero-order chi connectivity index (χ0) is 13.4. The summed E-state index contributed by atoms with van der Waals surface area (Å²) in [5.74, 6) is 0.488. The van der Waals surface area contributed by atoms with Crippen molar-refractivity contribution in [2.75, 3.05) is 11.1 Å². The number of nitrogens with one attached hydrogen (secondary N) is 2. The van der Waals surface area contributed by atoms with Crippen molar-refractivity contribution in [1.29, 1.82) is 5.26 Å². The summed E-state index contributed by atoms with van der Waals surface area (Å²) in [6.45, 7) is 1.87. The van der Waals surface area contributed by atoms with Crippen LogP contribution in [0.5, 0.6) is 0 Å². The molecule has 0 fully saturated rings. The molecule has 1 aromatic heterocycles. The lowest BCUT2D eigenvalue weighted by atomic mass is 10.1. The van der Waals surface area contributed by atoms with Crippen LogP contribution in [0.3, 0.4) is 0 Å². The topological polar surface area (TPSA) is 68.7 Å². The second-order valence-corrected chi connectivity index (χ2v) is 5.40. The van der Waals surface area contributed by atoms with Crippen LogP contribution in [-0.2, 0) is 4.79 Å². The van der Waals surface area contributed by atoms with Gasteiger partial charge >= 0.3 is 0 Å². The normalized spacial score (nSPS) is 13.6. The largest absolute Gasteiger partial charge is 0.358 e. The van der Waals surface area contributed by atoms with Crippen molar-refractivity contribution in [2.45, 2.75) is 11.8 Å². The van der Waals surface area contributed by atoms with Gasteiger partial charge in [-0.3, -0.25) is 4.79 Å². The van der Waals surface area contributed by atoms with Crippen LogP contribution in [0, 0.1) is 18.3 Å². The quantitative estimate of drug-likeness (QED) is 0.836. The van der Waals surface area contributed by atoms with Crippen LogP contribution in [0.4, 0.5) is 5.69 Å². The monoisotopic (exact) mass is 269 g/mol.